The zero-order valence-electron chi connectivity index (χ0n) is 17.9. The first-order valence-corrected chi connectivity index (χ1v) is 10.6. The molecule has 0 bridgehead atoms. The van der Waals surface area contributed by atoms with Gasteiger partial charge >= 0.3 is 5.97 Å². The van der Waals surface area contributed by atoms with Crippen molar-refractivity contribution in [1.29, 1.82) is 0 Å². The molecular formula is C25H21N5O3. The summed E-state index contributed by atoms with van der Waals surface area (Å²) in [6.07, 6.45) is 1.91. The van der Waals surface area contributed by atoms with Crippen molar-refractivity contribution in [3.05, 3.63) is 95.6 Å². The first-order chi connectivity index (χ1) is 16.0. The summed E-state index contributed by atoms with van der Waals surface area (Å²) in [4.78, 5) is 35.7. The van der Waals surface area contributed by atoms with E-state index < -0.39 is 17.9 Å². The highest BCUT2D eigenvalue weighted by Crippen LogP contribution is 2.26. The van der Waals surface area contributed by atoms with E-state index in [1.54, 1.807) is 10.9 Å². The lowest BCUT2D eigenvalue weighted by Gasteiger charge is -2.33. The van der Waals surface area contributed by atoms with Crippen LogP contribution in [0.2, 0.25) is 0 Å². The van der Waals surface area contributed by atoms with Crippen molar-refractivity contribution < 1.29 is 14.7 Å². The number of carbonyl (C=O) groups excluding carboxylic acids is 1. The first-order valence-electron chi connectivity index (χ1n) is 10.6. The van der Waals surface area contributed by atoms with E-state index in [-0.39, 0.29) is 18.8 Å². The number of aromatic nitrogens is 4. The van der Waals surface area contributed by atoms with Gasteiger partial charge in [0.2, 0.25) is 5.82 Å². The predicted molar refractivity (Wildman–Crippen MR) is 121 cm³/mol. The average molecular weight is 439 g/mol. The summed E-state index contributed by atoms with van der Waals surface area (Å²) < 4.78 is 1.57. The molecule has 0 spiro atoms. The second-order valence-corrected chi connectivity index (χ2v) is 7.95. The lowest BCUT2D eigenvalue weighted by Crippen LogP contribution is -2.49. The van der Waals surface area contributed by atoms with E-state index in [0.717, 1.165) is 22.4 Å². The molecule has 3 heterocycles. The van der Waals surface area contributed by atoms with Crippen molar-refractivity contribution in [2.45, 2.75) is 25.9 Å². The maximum Gasteiger partial charge on any atom is 0.326 e. The summed E-state index contributed by atoms with van der Waals surface area (Å²) in [6.45, 7) is 2.08. The Balaban J connectivity index is 1.58. The van der Waals surface area contributed by atoms with Gasteiger partial charge in [-0.15, -0.1) is 5.10 Å². The maximum absolute atomic E-state index is 13.5. The van der Waals surface area contributed by atoms with Crippen LogP contribution in [0.5, 0.6) is 0 Å². The summed E-state index contributed by atoms with van der Waals surface area (Å²) in [5.41, 5.74) is 4.15. The molecular weight excluding hydrogens is 418 g/mol. The molecule has 1 aliphatic rings. The van der Waals surface area contributed by atoms with Crippen LogP contribution in [0.1, 0.15) is 27.4 Å². The van der Waals surface area contributed by atoms with E-state index in [0.29, 0.717) is 11.5 Å². The van der Waals surface area contributed by atoms with Crippen LogP contribution in [-0.4, -0.2) is 47.7 Å². The second kappa shape index (κ2) is 8.31. The molecule has 2 aromatic heterocycles. The average Bonchev–Trinajstić information content (AvgIpc) is 3.29. The fourth-order valence-electron chi connectivity index (χ4n) is 4.03. The molecule has 0 fully saturated rings. The van der Waals surface area contributed by atoms with Crippen LogP contribution in [0.4, 0.5) is 0 Å². The van der Waals surface area contributed by atoms with Crippen LogP contribution in [-0.2, 0) is 17.8 Å². The molecule has 0 unspecified atom stereocenters. The van der Waals surface area contributed by atoms with E-state index in [1.165, 1.54) is 4.90 Å². The Morgan fingerprint density at radius 1 is 0.970 bits per heavy atom. The van der Waals surface area contributed by atoms with Crippen molar-refractivity contribution in [1.82, 2.24) is 24.6 Å². The van der Waals surface area contributed by atoms with Gasteiger partial charge < -0.3 is 10.0 Å². The highest BCUT2D eigenvalue weighted by Gasteiger charge is 2.37. The van der Waals surface area contributed by atoms with Gasteiger partial charge in [-0.05, 0) is 30.2 Å². The summed E-state index contributed by atoms with van der Waals surface area (Å²) >= 11 is 0. The van der Waals surface area contributed by atoms with Gasteiger partial charge in [-0.3, -0.25) is 9.78 Å². The maximum atomic E-state index is 13.5. The van der Waals surface area contributed by atoms with Crippen molar-refractivity contribution in [2.75, 3.05) is 0 Å². The third-order valence-electron chi connectivity index (χ3n) is 5.77. The number of carbonyl (C=O) groups is 2. The standard InChI is InChI=1S/C25H21N5O3/c1-16-11-12-20(14-26-16)30-23(17-7-3-2-4-8-17)27-22(28-30)24(31)29-15-19-10-6-5-9-18(19)13-21(29)25(32)33/h2-12,14,21H,13,15H2,1H3,(H,32,33)/t21-/m0/s1. The summed E-state index contributed by atoms with van der Waals surface area (Å²) in [5.74, 6) is -1.15. The quantitative estimate of drug-likeness (QED) is 0.524. The van der Waals surface area contributed by atoms with Crippen LogP contribution in [0.3, 0.4) is 0 Å². The monoisotopic (exact) mass is 439 g/mol. The zero-order valence-corrected chi connectivity index (χ0v) is 17.9. The molecule has 0 saturated carbocycles. The van der Waals surface area contributed by atoms with Crippen molar-refractivity contribution >= 4 is 11.9 Å². The van der Waals surface area contributed by atoms with Crippen LogP contribution in [0, 0.1) is 6.92 Å². The Morgan fingerprint density at radius 3 is 2.39 bits per heavy atom. The van der Waals surface area contributed by atoms with Crippen LogP contribution in [0.25, 0.3) is 17.1 Å². The van der Waals surface area contributed by atoms with Gasteiger partial charge in [-0.25, -0.2) is 14.5 Å². The first kappa shape index (κ1) is 20.6. The number of amides is 1. The normalized spacial score (nSPS) is 15.2. The number of carboxylic acids is 1. The molecule has 4 aromatic rings. The SMILES string of the molecule is Cc1ccc(-n2nc(C(=O)N3Cc4ccccc4C[C@H]3C(=O)O)nc2-c2ccccc2)cn1. The molecule has 0 saturated heterocycles. The molecule has 8 nitrogen and oxygen atoms in total. The highest BCUT2D eigenvalue weighted by atomic mass is 16.4. The number of pyridine rings is 1. The number of hydrogen-bond donors (Lipinski definition) is 1. The molecule has 1 amide bonds. The van der Waals surface area contributed by atoms with Gasteiger partial charge in [-0.2, -0.15) is 0 Å². The molecule has 8 heteroatoms. The zero-order chi connectivity index (χ0) is 22.9. The number of aryl methyl sites for hydroxylation is 1. The van der Waals surface area contributed by atoms with Gasteiger partial charge in [-0.1, -0.05) is 54.6 Å². The third-order valence-corrected chi connectivity index (χ3v) is 5.77. The Labute approximate surface area is 190 Å². The molecule has 33 heavy (non-hydrogen) atoms. The molecule has 1 aliphatic heterocycles. The molecule has 2 aromatic carbocycles. The smallest absolute Gasteiger partial charge is 0.326 e. The minimum absolute atomic E-state index is 0.0555. The second-order valence-electron chi connectivity index (χ2n) is 7.95. The summed E-state index contributed by atoms with van der Waals surface area (Å²) in [7, 11) is 0. The number of fused-ring (bicyclic) bond motifs is 1. The number of benzene rings is 2. The number of rotatable bonds is 4. The number of nitrogens with zero attached hydrogens (tertiary/aromatic N) is 5. The van der Waals surface area contributed by atoms with Gasteiger partial charge in [0.25, 0.3) is 5.91 Å². The van der Waals surface area contributed by atoms with E-state index in [9.17, 15) is 14.7 Å². The van der Waals surface area contributed by atoms with Gasteiger partial charge in [0.05, 0.1) is 11.9 Å². The Bertz CT molecular complexity index is 1330. The number of aliphatic carboxylic acids is 1. The predicted octanol–water partition coefficient (Wildman–Crippen LogP) is 3.29. The summed E-state index contributed by atoms with van der Waals surface area (Å²) in [6, 6.07) is 19.7. The lowest BCUT2D eigenvalue weighted by atomic mass is 9.94. The molecule has 164 valence electrons. The number of carboxylic acid groups (broad SMARTS) is 1. The van der Waals surface area contributed by atoms with Crippen molar-refractivity contribution in [2.24, 2.45) is 0 Å². The van der Waals surface area contributed by atoms with E-state index in [4.69, 9.17) is 0 Å². The van der Waals surface area contributed by atoms with Crippen molar-refractivity contribution in [3.8, 4) is 17.1 Å². The van der Waals surface area contributed by atoms with Gasteiger partial charge in [0.1, 0.15) is 6.04 Å². The molecule has 5 rings (SSSR count). The number of hydrogen-bond acceptors (Lipinski definition) is 5. The van der Waals surface area contributed by atoms with Crippen molar-refractivity contribution in [3.63, 3.8) is 0 Å². The van der Waals surface area contributed by atoms with E-state index in [2.05, 4.69) is 15.1 Å². The largest absolute Gasteiger partial charge is 0.480 e. The fraction of sp³-hybridized carbons (Fsp3) is 0.160. The topological polar surface area (TPSA) is 101 Å². The summed E-state index contributed by atoms with van der Waals surface area (Å²) in [5, 5.41) is 14.3. The van der Waals surface area contributed by atoms with Gasteiger partial charge in [0, 0.05) is 24.2 Å². The third kappa shape index (κ3) is 3.87. The van der Waals surface area contributed by atoms with E-state index in [1.807, 2.05) is 73.7 Å². The molecule has 1 N–H and O–H groups in total. The van der Waals surface area contributed by atoms with E-state index >= 15 is 0 Å². The minimum atomic E-state index is -1.05. The fourth-order valence-corrected chi connectivity index (χ4v) is 4.03. The van der Waals surface area contributed by atoms with Crippen LogP contribution in [0.15, 0.2) is 72.9 Å². The molecule has 1 atom stereocenters. The van der Waals surface area contributed by atoms with Crippen LogP contribution >= 0.6 is 0 Å². The Hall–Kier alpha value is -4.33. The molecule has 0 radical (unpaired) electrons. The van der Waals surface area contributed by atoms with Gasteiger partial charge in [0.15, 0.2) is 5.82 Å². The minimum Gasteiger partial charge on any atom is -0.480 e. The lowest BCUT2D eigenvalue weighted by molar-refractivity contribution is -0.142. The van der Waals surface area contributed by atoms with Crippen LogP contribution < -0.4 is 0 Å². The Morgan fingerprint density at radius 2 is 1.70 bits per heavy atom. The highest BCUT2D eigenvalue weighted by molar-refractivity contribution is 5.94. The Kier molecular flexibility index (Phi) is 5.18. The molecule has 0 aliphatic carbocycles.